The Morgan fingerprint density at radius 3 is 2.67 bits per heavy atom. The second kappa shape index (κ2) is 4.77. The Morgan fingerprint density at radius 1 is 1.42 bits per heavy atom. The lowest BCUT2D eigenvalue weighted by Gasteiger charge is -2.33. The summed E-state index contributed by atoms with van der Waals surface area (Å²) in [6.45, 7) is 3.71. The van der Waals surface area contributed by atoms with Crippen LogP contribution in [0.2, 0.25) is 0 Å². The van der Waals surface area contributed by atoms with Gasteiger partial charge in [-0.15, -0.1) is 0 Å². The highest BCUT2D eigenvalue weighted by atomic mass is 16.9. The normalized spacial score (nSPS) is 22.5. The molecule has 0 radical (unpaired) electrons. The van der Waals surface area contributed by atoms with E-state index < -0.39 is 5.97 Å². The van der Waals surface area contributed by atoms with Crippen molar-refractivity contribution in [3.05, 3.63) is 0 Å². The number of ether oxygens (including phenoxy) is 3. The van der Waals surface area contributed by atoms with Crippen LogP contribution in [-0.4, -0.2) is 37.5 Å². The second-order valence-electron chi connectivity index (χ2n) is 2.84. The summed E-state index contributed by atoms with van der Waals surface area (Å²) in [5.74, 6) is -0.882. The highest BCUT2D eigenvalue weighted by molar-refractivity contribution is 4.54. The van der Waals surface area contributed by atoms with Gasteiger partial charge in [0.15, 0.2) is 0 Å². The van der Waals surface area contributed by atoms with Crippen LogP contribution >= 0.6 is 0 Å². The van der Waals surface area contributed by atoms with E-state index in [9.17, 15) is 0 Å². The molecule has 0 aliphatic carbocycles. The van der Waals surface area contributed by atoms with Crippen LogP contribution in [0.25, 0.3) is 0 Å². The molecule has 1 aliphatic rings. The van der Waals surface area contributed by atoms with E-state index in [1.807, 2.05) is 0 Å². The zero-order chi connectivity index (χ0) is 8.86. The van der Waals surface area contributed by atoms with Crippen LogP contribution in [0.1, 0.15) is 19.8 Å². The van der Waals surface area contributed by atoms with Crippen molar-refractivity contribution in [1.82, 2.24) is 0 Å². The van der Waals surface area contributed by atoms with Gasteiger partial charge in [0.2, 0.25) is 0 Å². The Hall–Kier alpha value is -0.160. The van der Waals surface area contributed by atoms with Gasteiger partial charge in [0.05, 0.1) is 19.8 Å². The van der Waals surface area contributed by atoms with Gasteiger partial charge in [-0.1, -0.05) is 0 Å². The van der Waals surface area contributed by atoms with E-state index in [4.69, 9.17) is 19.3 Å². The molecule has 12 heavy (non-hydrogen) atoms. The predicted octanol–water partition coefficient (Wildman–Crippen LogP) is 0.496. The van der Waals surface area contributed by atoms with Crippen molar-refractivity contribution in [2.45, 2.75) is 25.7 Å². The van der Waals surface area contributed by atoms with Crippen LogP contribution in [0.3, 0.4) is 0 Å². The monoisotopic (exact) mass is 176 g/mol. The molecule has 0 unspecified atom stereocenters. The Balaban J connectivity index is 2.17. The van der Waals surface area contributed by atoms with Crippen molar-refractivity contribution in [3.63, 3.8) is 0 Å². The molecular weight excluding hydrogens is 160 g/mol. The first-order chi connectivity index (χ1) is 5.77. The number of aliphatic hydroxyl groups excluding tert-OH is 1. The van der Waals surface area contributed by atoms with Crippen LogP contribution in [0.4, 0.5) is 0 Å². The molecule has 72 valence electrons. The molecule has 0 saturated carbocycles. The first-order valence-electron chi connectivity index (χ1n) is 4.29. The minimum atomic E-state index is -0.882. The first-order valence-corrected chi connectivity index (χ1v) is 4.29. The summed E-state index contributed by atoms with van der Waals surface area (Å²) < 4.78 is 15.9. The molecule has 0 atom stereocenters. The zero-order valence-electron chi connectivity index (χ0n) is 7.41. The van der Waals surface area contributed by atoms with Gasteiger partial charge in [-0.05, 0) is 12.8 Å². The summed E-state index contributed by atoms with van der Waals surface area (Å²) in [4.78, 5) is 0. The minimum Gasteiger partial charge on any atom is -0.396 e. The lowest BCUT2D eigenvalue weighted by molar-refractivity contribution is -0.388. The van der Waals surface area contributed by atoms with Gasteiger partial charge >= 0.3 is 0 Å². The third kappa shape index (κ3) is 3.06. The van der Waals surface area contributed by atoms with Crippen LogP contribution in [0.15, 0.2) is 0 Å². The van der Waals surface area contributed by atoms with E-state index in [-0.39, 0.29) is 6.61 Å². The maximum Gasteiger partial charge on any atom is 0.279 e. The van der Waals surface area contributed by atoms with E-state index in [0.717, 1.165) is 6.42 Å². The van der Waals surface area contributed by atoms with Gasteiger partial charge in [0.25, 0.3) is 5.97 Å². The largest absolute Gasteiger partial charge is 0.396 e. The lowest BCUT2D eigenvalue weighted by Crippen LogP contribution is -2.40. The van der Waals surface area contributed by atoms with E-state index in [1.165, 1.54) is 0 Å². The summed E-state index contributed by atoms with van der Waals surface area (Å²) in [7, 11) is 0. The van der Waals surface area contributed by atoms with Crippen LogP contribution in [-0.2, 0) is 14.2 Å². The third-order valence-corrected chi connectivity index (χ3v) is 1.68. The molecule has 0 aromatic heterocycles. The van der Waals surface area contributed by atoms with Crippen molar-refractivity contribution in [3.8, 4) is 0 Å². The average molecular weight is 176 g/mol. The summed E-state index contributed by atoms with van der Waals surface area (Å²) in [6.07, 6.45) is 1.53. The fraction of sp³-hybridized carbons (Fsp3) is 1.00. The van der Waals surface area contributed by atoms with Crippen molar-refractivity contribution >= 4 is 0 Å². The van der Waals surface area contributed by atoms with E-state index in [1.54, 1.807) is 6.92 Å². The molecule has 1 aliphatic heterocycles. The van der Waals surface area contributed by atoms with E-state index in [0.29, 0.717) is 26.2 Å². The maximum absolute atomic E-state index is 8.52. The molecule has 1 rings (SSSR count). The molecule has 0 bridgehead atoms. The fourth-order valence-corrected chi connectivity index (χ4v) is 1.02. The van der Waals surface area contributed by atoms with Gasteiger partial charge in [0, 0.05) is 13.5 Å². The SMILES string of the molecule is CC1(OCCCO)OCCCO1. The molecule has 0 amide bonds. The molecule has 1 saturated heterocycles. The summed E-state index contributed by atoms with van der Waals surface area (Å²) in [5, 5.41) is 8.52. The molecule has 1 N–H and O–H groups in total. The molecule has 0 spiro atoms. The molecule has 1 fully saturated rings. The Labute approximate surface area is 72.4 Å². The Bertz CT molecular complexity index is 120. The highest BCUT2D eigenvalue weighted by Crippen LogP contribution is 2.19. The van der Waals surface area contributed by atoms with Gasteiger partial charge in [-0.3, -0.25) is 0 Å². The van der Waals surface area contributed by atoms with Gasteiger partial charge in [-0.2, -0.15) is 0 Å². The van der Waals surface area contributed by atoms with Crippen LogP contribution in [0, 0.1) is 0 Å². The lowest BCUT2D eigenvalue weighted by atomic mass is 10.4. The molecule has 4 heteroatoms. The van der Waals surface area contributed by atoms with Crippen molar-refractivity contribution in [2.24, 2.45) is 0 Å². The number of hydrogen-bond donors (Lipinski definition) is 1. The predicted molar refractivity (Wildman–Crippen MR) is 42.6 cm³/mol. The minimum absolute atomic E-state index is 0.135. The smallest absolute Gasteiger partial charge is 0.279 e. The van der Waals surface area contributed by atoms with Crippen molar-refractivity contribution < 1.29 is 19.3 Å². The molecule has 0 aromatic carbocycles. The van der Waals surface area contributed by atoms with Crippen molar-refractivity contribution in [1.29, 1.82) is 0 Å². The highest BCUT2D eigenvalue weighted by Gasteiger charge is 2.29. The molecule has 0 aromatic rings. The maximum atomic E-state index is 8.52. The first kappa shape index (κ1) is 9.92. The number of aliphatic hydroxyl groups is 1. The van der Waals surface area contributed by atoms with Crippen LogP contribution < -0.4 is 0 Å². The molecule has 4 nitrogen and oxygen atoms in total. The second-order valence-corrected chi connectivity index (χ2v) is 2.84. The van der Waals surface area contributed by atoms with E-state index in [2.05, 4.69) is 0 Å². The standard InChI is InChI=1S/C8H16O4/c1-8(10-5-2-4-9)11-6-3-7-12-8/h9H,2-7H2,1H3. The van der Waals surface area contributed by atoms with E-state index >= 15 is 0 Å². The summed E-state index contributed by atoms with van der Waals surface area (Å²) in [6, 6.07) is 0. The van der Waals surface area contributed by atoms with Gasteiger partial charge in [-0.25, -0.2) is 0 Å². The quantitative estimate of drug-likeness (QED) is 0.633. The summed E-state index contributed by atoms with van der Waals surface area (Å²) in [5.41, 5.74) is 0. The number of hydrogen-bond acceptors (Lipinski definition) is 4. The summed E-state index contributed by atoms with van der Waals surface area (Å²) >= 11 is 0. The average Bonchev–Trinajstić information content (AvgIpc) is 2.06. The van der Waals surface area contributed by atoms with Crippen molar-refractivity contribution in [2.75, 3.05) is 26.4 Å². The number of rotatable bonds is 4. The molecule has 1 heterocycles. The Morgan fingerprint density at radius 2 is 2.08 bits per heavy atom. The molecular formula is C8H16O4. The van der Waals surface area contributed by atoms with Gasteiger partial charge in [0.1, 0.15) is 0 Å². The zero-order valence-corrected chi connectivity index (χ0v) is 7.41. The van der Waals surface area contributed by atoms with Crippen LogP contribution in [0.5, 0.6) is 0 Å². The fourth-order valence-electron chi connectivity index (χ4n) is 1.02. The van der Waals surface area contributed by atoms with Gasteiger partial charge < -0.3 is 19.3 Å². The topological polar surface area (TPSA) is 47.9 Å². The third-order valence-electron chi connectivity index (χ3n) is 1.68. The Kier molecular flexibility index (Phi) is 3.94.